The quantitative estimate of drug-likeness (QED) is 0.469. The number of carbonyl (C=O) groups excluding carboxylic acids is 1. The Labute approximate surface area is 167 Å². The highest BCUT2D eigenvalue weighted by atomic mass is 16.2. The van der Waals surface area contributed by atoms with E-state index in [1.54, 1.807) is 0 Å². The summed E-state index contributed by atoms with van der Waals surface area (Å²) in [6.45, 7) is 5.28. The summed E-state index contributed by atoms with van der Waals surface area (Å²) >= 11 is 0. The Kier molecular flexibility index (Phi) is 7.17. The molecule has 152 valence electrons. The van der Waals surface area contributed by atoms with Crippen LogP contribution >= 0.6 is 0 Å². The number of fused-ring (bicyclic) bond motifs is 3. The Hall–Kier alpha value is -2.70. The van der Waals surface area contributed by atoms with E-state index < -0.39 is 0 Å². The number of nitrogens with two attached hydrogens (primary N) is 1. The maximum atomic E-state index is 11.8. The van der Waals surface area contributed by atoms with E-state index in [1.807, 2.05) is 18.2 Å². The number of hydrogen-bond acceptors (Lipinski definition) is 5. The van der Waals surface area contributed by atoms with Crippen molar-refractivity contribution in [3.63, 3.8) is 0 Å². The van der Waals surface area contributed by atoms with Gasteiger partial charge in [-0.1, -0.05) is 44.4 Å². The lowest BCUT2D eigenvalue weighted by molar-refractivity contribution is 0.240. The van der Waals surface area contributed by atoms with Crippen molar-refractivity contribution >= 4 is 34.1 Å². The number of unbranched alkanes of at least 4 members (excludes halogenated alkanes) is 4. The molecule has 1 aliphatic heterocycles. The predicted molar refractivity (Wildman–Crippen MR) is 117 cm³/mol. The van der Waals surface area contributed by atoms with Gasteiger partial charge in [0.15, 0.2) is 0 Å². The number of anilines is 3. The molecule has 1 aromatic carbocycles. The largest absolute Gasteiger partial charge is 0.382 e. The molecule has 3 rings (SSSR count). The third-order valence-corrected chi connectivity index (χ3v) is 5.11. The Morgan fingerprint density at radius 2 is 1.89 bits per heavy atom. The van der Waals surface area contributed by atoms with E-state index in [-0.39, 0.29) is 6.03 Å². The highest BCUT2D eigenvalue weighted by Gasteiger charge is 2.24. The third-order valence-electron chi connectivity index (χ3n) is 5.11. The Morgan fingerprint density at radius 3 is 2.68 bits per heavy atom. The van der Waals surface area contributed by atoms with Gasteiger partial charge in [-0.25, -0.2) is 9.78 Å². The van der Waals surface area contributed by atoms with Gasteiger partial charge in [0.25, 0.3) is 0 Å². The van der Waals surface area contributed by atoms with Crippen LogP contribution in [0.5, 0.6) is 0 Å². The summed E-state index contributed by atoms with van der Waals surface area (Å²) in [6.07, 6.45) is 6.60. The second-order valence-electron chi connectivity index (χ2n) is 7.29. The highest BCUT2D eigenvalue weighted by Crippen LogP contribution is 2.40. The second kappa shape index (κ2) is 10.0. The molecule has 7 heteroatoms. The molecule has 0 bridgehead atoms. The maximum Gasteiger partial charge on any atom is 0.314 e. The van der Waals surface area contributed by atoms with Crippen LogP contribution in [-0.2, 0) is 0 Å². The van der Waals surface area contributed by atoms with Crippen LogP contribution in [0.4, 0.5) is 22.0 Å². The summed E-state index contributed by atoms with van der Waals surface area (Å²) in [5.41, 5.74) is 9.11. The number of nitrogens with one attached hydrogen (secondary N) is 3. The zero-order valence-electron chi connectivity index (χ0n) is 16.8. The summed E-state index contributed by atoms with van der Waals surface area (Å²) in [4.78, 5) is 18.6. The van der Waals surface area contributed by atoms with Crippen LogP contribution < -0.4 is 26.6 Å². The van der Waals surface area contributed by atoms with Crippen LogP contribution in [0.15, 0.2) is 24.3 Å². The molecule has 0 aliphatic carbocycles. The molecule has 0 atom stereocenters. The van der Waals surface area contributed by atoms with Gasteiger partial charge in [-0.05, 0) is 25.3 Å². The van der Waals surface area contributed by atoms with Crippen LogP contribution in [0.2, 0.25) is 0 Å². The zero-order valence-corrected chi connectivity index (χ0v) is 16.8. The number of aromatic nitrogens is 1. The lowest BCUT2D eigenvalue weighted by Crippen LogP contribution is -2.36. The van der Waals surface area contributed by atoms with Crippen molar-refractivity contribution in [1.82, 2.24) is 15.6 Å². The molecule has 5 N–H and O–H groups in total. The molecule has 0 saturated carbocycles. The predicted octanol–water partition coefficient (Wildman–Crippen LogP) is 3.67. The van der Waals surface area contributed by atoms with Gasteiger partial charge in [-0.3, -0.25) is 0 Å². The summed E-state index contributed by atoms with van der Waals surface area (Å²) < 4.78 is 0. The third kappa shape index (κ3) is 4.97. The minimum Gasteiger partial charge on any atom is -0.382 e. The first kappa shape index (κ1) is 20.0. The number of rotatable bonds is 10. The molecule has 1 aliphatic rings. The molecule has 0 spiro atoms. The van der Waals surface area contributed by atoms with E-state index in [0.717, 1.165) is 61.3 Å². The van der Waals surface area contributed by atoms with Crippen molar-refractivity contribution in [1.29, 1.82) is 0 Å². The topological polar surface area (TPSA) is 95.3 Å². The lowest BCUT2D eigenvalue weighted by Gasteiger charge is -2.19. The molecule has 0 fully saturated rings. The zero-order chi connectivity index (χ0) is 19.8. The molecule has 1 aromatic heterocycles. The minimum absolute atomic E-state index is 0.0606. The van der Waals surface area contributed by atoms with Gasteiger partial charge in [0, 0.05) is 25.0 Å². The number of amides is 2. The summed E-state index contributed by atoms with van der Waals surface area (Å²) in [7, 11) is 0. The lowest BCUT2D eigenvalue weighted by atomic mass is 10.1. The number of para-hydroxylation sites is 1. The second-order valence-corrected chi connectivity index (χ2v) is 7.29. The van der Waals surface area contributed by atoms with Gasteiger partial charge in [0.05, 0.1) is 17.9 Å². The Balaban J connectivity index is 1.41. The summed E-state index contributed by atoms with van der Waals surface area (Å²) in [6, 6.07) is 8.03. The smallest absolute Gasteiger partial charge is 0.314 e. The van der Waals surface area contributed by atoms with E-state index in [9.17, 15) is 4.79 Å². The first-order valence-electron chi connectivity index (χ1n) is 10.4. The molecule has 0 radical (unpaired) electrons. The first-order chi connectivity index (χ1) is 13.7. The van der Waals surface area contributed by atoms with Crippen molar-refractivity contribution < 1.29 is 4.79 Å². The number of nitrogen functional groups attached to an aromatic ring is 1. The molecule has 2 aromatic rings. The average Bonchev–Trinajstić information content (AvgIpc) is 3.13. The molecule has 0 saturated heterocycles. The van der Waals surface area contributed by atoms with Crippen molar-refractivity contribution in [3.05, 3.63) is 24.3 Å². The highest BCUT2D eigenvalue weighted by molar-refractivity contribution is 6.03. The standard InChI is InChI=1S/C21H32N6O/c1-2-3-4-7-12-23-21(28)24-13-8-9-14-27-15-25-18-19(27)16-10-5-6-11-17(16)26-20(18)22/h5-6,10-11,25H,2-4,7-9,12-15H2,1H3,(H2,22,26)(H2,23,24,28). The number of benzene rings is 1. The normalized spacial score (nSPS) is 12.7. The fourth-order valence-corrected chi connectivity index (χ4v) is 3.61. The van der Waals surface area contributed by atoms with E-state index >= 15 is 0 Å². The van der Waals surface area contributed by atoms with Gasteiger partial charge >= 0.3 is 6.03 Å². The average molecular weight is 385 g/mol. The fourth-order valence-electron chi connectivity index (χ4n) is 3.61. The van der Waals surface area contributed by atoms with Crippen LogP contribution in [0.3, 0.4) is 0 Å². The number of pyridine rings is 1. The van der Waals surface area contributed by atoms with E-state index in [1.165, 1.54) is 19.3 Å². The van der Waals surface area contributed by atoms with Crippen molar-refractivity contribution in [3.8, 4) is 0 Å². The number of carbonyl (C=O) groups is 1. The van der Waals surface area contributed by atoms with Gasteiger partial charge in [-0.2, -0.15) is 0 Å². The molecular weight excluding hydrogens is 352 g/mol. The minimum atomic E-state index is -0.0606. The number of nitrogens with zero attached hydrogens (tertiary/aromatic N) is 2. The van der Waals surface area contributed by atoms with Crippen molar-refractivity contribution in [2.45, 2.75) is 45.4 Å². The molecule has 28 heavy (non-hydrogen) atoms. The molecule has 2 amide bonds. The molecule has 0 unspecified atom stereocenters. The SMILES string of the molecule is CCCCCCNC(=O)NCCCCN1CNc2c(N)nc3ccccc3c21. The van der Waals surface area contributed by atoms with Gasteiger partial charge in [-0.15, -0.1) is 0 Å². The number of urea groups is 1. The maximum absolute atomic E-state index is 11.8. The molecule has 7 nitrogen and oxygen atoms in total. The summed E-state index contributed by atoms with van der Waals surface area (Å²) in [5.74, 6) is 0.550. The van der Waals surface area contributed by atoms with Crippen LogP contribution in [-0.4, -0.2) is 37.3 Å². The molecule has 2 heterocycles. The van der Waals surface area contributed by atoms with Crippen molar-refractivity contribution in [2.75, 3.05) is 42.3 Å². The van der Waals surface area contributed by atoms with E-state index in [2.05, 4.69) is 38.8 Å². The monoisotopic (exact) mass is 384 g/mol. The van der Waals surface area contributed by atoms with Crippen LogP contribution in [0, 0.1) is 0 Å². The number of hydrogen-bond donors (Lipinski definition) is 4. The van der Waals surface area contributed by atoms with Gasteiger partial charge in [0.1, 0.15) is 11.5 Å². The summed E-state index contributed by atoms with van der Waals surface area (Å²) in [5, 5.41) is 10.4. The Morgan fingerprint density at radius 1 is 1.14 bits per heavy atom. The van der Waals surface area contributed by atoms with Crippen molar-refractivity contribution in [2.24, 2.45) is 0 Å². The van der Waals surface area contributed by atoms with Crippen LogP contribution in [0.1, 0.15) is 45.4 Å². The van der Waals surface area contributed by atoms with Gasteiger partial charge in [0.2, 0.25) is 0 Å². The Bertz CT molecular complexity index is 794. The van der Waals surface area contributed by atoms with Gasteiger partial charge < -0.3 is 26.6 Å². The first-order valence-corrected chi connectivity index (χ1v) is 10.4. The molecular formula is C21H32N6O. The van der Waals surface area contributed by atoms with E-state index in [0.29, 0.717) is 12.4 Å². The van der Waals surface area contributed by atoms with E-state index in [4.69, 9.17) is 5.73 Å². The fraction of sp³-hybridized carbons (Fsp3) is 0.524. The van der Waals surface area contributed by atoms with Crippen LogP contribution in [0.25, 0.3) is 10.9 Å².